The number of benzene rings is 1. The Bertz CT molecular complexity index is 410. The highest BCUT2D eigenvalue weighted by Gasteiger charge is 2.17. The topological polar surface area (TPSA) is 38.8 Å². The summed E-state index contributed by atoms with van der Waals surface area (Å²) in [5.74, 6) is 0. The van der Waals surface area contributed by atoms with E-state index in [0.717, 1.165) is 24.2 Å². The minimum absolute atomic E-state index is 0.941. The Balaban J connectivity index is 2.27. The van der Waals surface area contributed by atoms with Crippen molar-refractivity contribution in [1.82, 2.24) is 5.43 Å². The SMILES string of the molecule is CCCCc1ccc2c(c1CCCC)N=N[N]2. The van der Waals surface area contributed by atoms with Crippen LogP contribution in [0.3, 0.4) is 0 Å². The van der Waals surface area contributed by atoms with Crippen molar-refractivity contribution in [3.05, 3.63) is 23.3 Å². The standard InChI is InChI=1S/C14H20N3/c1-3-5-7-11-9-10-13-14(16-17-15-13)12(11)8-6-4-2/h9-10H,3-8H2,1-2H3. The second kappa shape index (κ2) is 5.80. The third-order valence-electron chi connectivity index (χ3n) is 3.24. The number of fused-ring (bicyclic) bond motifs is 1. The lowest BCUT2D eigenvalue weighted by Crippen LogP contribution is -1.96. The average Bonchev–Trinajstić information content (AvgIpc) is 2.82. The van der Waals surface area contributed by atoms with Gasteiger partial charge in [0.1, 0.15) is 11.4 Å². The van der Waals surface area contributed by atoms with Crippen molar-refractivity contribution in [3.63, 3.8) is 0 Å². The maximum absolute atomic E-state index is 4.18. The summed E-state index contributed by atoms with van der Waals surface area (Å²) in [5, 5.41) is 7.97. The average molecular weight is 230 g/mol. The third kappa shape index (κ3) is 2.65. The molecule has 0 spiro atoms. The van der Waals surface area contributed by atoms with E-state index in [1.807, 2.05) is 0 Å². The molecule has 1 aliphatic heterocycles. The molecule has 0 unspecified atom stereocenters. The van der Waals surface area contributed by atoms with Gasteiger partial charge >= 0.3 is 0 Å². The summed E-state index contributed by atoms with van der Waals surface area (Å²) in [5.41, 5.74) is 8.83. The number of nitrogens with zero attached hydrogens (tertiary/aromatic N) is 3. The first-order valence-corrected chi connectivity index (χ1v) is 6.63. The minimum Gasteiger partial charge on any atom is -0.128 e. The predicted octanol–water partition coefficient (Wildman–Crippen LogP) is 4.62. The van der Waals surface area contributed by atoms with Crippen LogP contribution in [0.1, 0.15) is 50.7 Å². The second-order valence-electron chi connectivity index (χ2n) is 4.57. The molecule has 17 heavy (non-hydrogen) atoms. The van der Waals surface area contributed by atoms with Crippen LogP contribution in [0.5, 0.6) is 0 Å². The molecule has 2 rings (SSSR count). The maximum Gasteiger partial charge on any atom is 0.119 e. The first kappa shape index (κ1) is 12.1. The monoisotopic (exact) mass is 230 g/mol. The van der Waals surface area contributed by atoms with E-state index >= 15 is 0 Å². The van der Waals surface area contributed by atoms with Crippen LogP contribution >= 0.6 is 0 Å². The molecular weight excluding hydrogens is 210 g/mol. The van der Waals surface area contributed by atoms with Crippen LogP contribution in [0.15, 0.2) is 22.5 Å². The molecule has 0 saturated carbocycles. The van der Waals surface area contributed by atoms with Gasteiger partial charge in [-0.1, -0.05) is 32.8 Å². The Kier molecular flexibility index (Phi) is 4.13. The van der Waals surface area contributed by atoms with E-state index in [2.05, 4.69) is 41.7 Å². The summed E-state index contributed by atoms with van der Waals surface area (Å²) >= 11 is 0. The summed E-state index contributed by atoms with van der Waals surface area (Å²) in [6.07, 6.45) is 7.16. The van der Waals surface area contributed by atoms with Crippen molar-refractivity contribution in [2.75, 3.05) is 0 Å². The van der Waals surface area contributed by atoms with Gasteiger partial charge in [0.25, 0.3) is 0 Å². The molecule has 1 aliphatic rings. The van der Waals surface area contributed by atoms with Gasteiger partial charge in [0, 0.05) is 0 Å². The predicted molar refractivity (Wildman–Crippen MR) is 70.0 cm³/mol. The van der Waals surface area contributed by atoms with Gasteiger partial charge < -0.3 is 0 Å². The fraction of sp³-hybridized carbons (Fsp3) is 0.571. The molecule has 0 atom stereocenters. The highest BCUT2D eigenvalue weighted by Crippen LogP contribution is 2.37. The van der Waals surface area contributed by atoms with Gasteiger partial charge in [-0.05, 0) is 48.1 Å². The zero-order chi connectivity index (χ0) is 12.1. The van der Waals surface area contributed by atoms with E-state index in [9.17, 15) is 0 Å². The summed E-state index contributed by atoms with van der Waals surface area (Å²) in [4.78, 5) is 0. The lowest BCUT2D eigenvalue weighted by Gasteiger charge is -2.11. The van der Waals surface area contributed by atoms with Crippen LogP contribution in [0.4, 0.5) is 11.4 Å². The summed E-state index contributed by atoms with van der Waals surface area (Å²) < 4.78 is 0. The van der Waals surface area contributed by atoms with E-state index in [0.29, 0.717) is 0 Å². The fourth-order valence-corrected chi connectivity index (χ4v) is 2.21. The Morgan fingerprint density at radius 3 is 2.53 bits per heavy atom. The van der Waals surface area contributed by atoms with Crippen molar-refractivity contribution in [2.45, 2.75) is 52.4 Å². The Morgan fingerprint density at radius 1 is 1.00 bits per heavy atom. The van der Waals surface area contributed by atoms with Gasteiger partial charge in [-0.25, -0.2) is 0 Å². The van der Waals surface area contributed by atoms with Crippen LogP contribution in [0.2, 0.25) is 0 Å². The van der Waals surface area contributed by atoms with Gasteiger partial charge in [0.05, 0.1) is 0 Å². The Hall–Kier alpha value is -1.38. The zero-order valence-corrected chi connectivity index (χ0v) is 10.7. The molecule has 1 aromatic rings. The molecule has 1 heterocycles. The highest BCUT2D eigenvalue weighted by molar-refractivity contribution is 5.68. The van der Waals surface area contributed by atoms with E-state index in [1.165, 1.54) is 36.8 Å². The van der Waals surface area contributed by atoms with Crippen molar-refractivity contribution in [1.29, 1.82) is 0 Å². The maximum atomic E-state index is 4.18. The zero-order valence-electron chi connectivity index (χ0n) is 10.7. The summed E-state index contributed by atoms with van der Waals surface area (Å²) in [6, 6.07) is 4.26. The van der Waals surface area contributed by atoms with E-state index in [-0.39, 0.29) is 0 Å². The fourth-order valence-electron chi connectivity index (χ4n) is 2.21. The quantitative estimate of drug-likeness (QED) is 0.684. The molecule has 0 saturated heterocycles. The second-order valence-corrected chi connectivity index (χ2v) is 4.57. The number of aryl methyl sites for hydroxylation is 1. The Morgan fingerprint density at radius 2 is 1.76 bits per heavy atom. The van der Waals surface area contributed by atoms with Crippen molar-refractivity contribution < 1.29 is 0 Å². The van der Waals surface area contributed by atoms with Crippen LogP contribution in [-0.2, 0) is 12.8 Å². The smallest absolute Gasteiger partial charge is 0.119 e. The lowest BCUT2D eigenvalue weighted by atomic mass is 9.95. The molecule has 0 N–H and O–H groups in total. The van der Waals surface area contributed by atoms with Gasteiger partial charge in [-0.3, -0.25) is 0 Å². The molecule has 91 valence electrons. The first-order valence-electron chi connectivity index (χ1n) is 6.63. The molecule has 3 heteroatoms. The van der Waals surface area contributed by atoms with Gasteiger partial charge in [0.15, 0.2) is 0 Å². The molecule has 0 aliphatic carbocycles. The molecule has 0 bridgehead atoms. The molecule has 1 radical (unpaired) electrons. The first-order chi connectivity index (χ1) is 8.36. The minimum atomic E-state index is 0.941. The van der Waals surface area contributed by atoms with Crippen LogP contribution in [0, 0.1) is 0 Å². The van der Waals surface area contributed by atoms with E-state index in [4.69, 9.17) is 0 Å². The molecule has 0 fully saturated rings. The number of hydrogen-bond acceptors (Lipinski definition) is 2. The molecule has 3 nitrogen and oxygen atoms in total. The van der Waals surface area contributed by atoms with E-state index in [1.54, 1.807) is 0 Å². The molecule has 1 aromatic carbocycles. The molecule has 0 amide bonds. The van der Waals surface area contributed by atoms with Crippen molar-refractivity contribution >= 4 is 11.4 Å². The molecular formula is C14H20N3. The number of hydrogen-bond donors (Lipinski definition) is 0. The summed E-state index contributed by atoms with van der Waals surface area (Å²) in [6.45, 7) is 4.45. The number of unbranched alkanes of at least 4 members (excludes halogenated alkanes) is 2. The summed E-state index contributed by atoms with van der Waals surface area (Å²) in [7, 11) is 0. The van der Waals surface area contributed by atoms with Crippen LogP contribution in [0.25, 0.3) is 0 Å². The third-order valence-corrected chi connectivity index (χ3v) is 3.24. The van der Waals surface area contributed by atoms with Crippen molar-refractivity contribution in [3.8, 4) is 0 Å². The highest BCUT2D eigenvalue weighted by atomic mass is 15.5. The largest absolute Gasteiger partial charge is 0.128 e. The van der Waals surface area contributed by atoms with Crippen LogP contribution < -0.4 is 5.43 Å². The number of rotatable bonds is 6. The molecule has 0 aromatic heterocycles. The lowest BCUT2D eigenvalue weighted by molar-refractivity contribution is 0.759. The Labute approximate surface area is 103 Å². The normalized spacial score (nSPS) is 12.6. The van der Waals surface area contributed by atoms with Gasteiger partial charge in [-0.2, -0.15) is 0 Å². The van der Waals surface area contributed by atoms with E-state index < -0.39 is 0 Å². The van der Waals surface area contributed by atoms with Gasteiger partial charge in [-0.15, -0.1) is 10.5 Å². The van der Waals surface area contributed by atoms with Crippen LogP contribution in [-0.4, -0.2) is 0 Å². The van der Waals surface area contributed by atoms with Gasteiger partial charge in [0.2, 0.25) is 0 Å². The van der Waals surface area contributed by atoms with Crippen molar-refractivity contribution in [2.24, 2.45) is 10.3 Å².